The van der Waals surface area contributed by atoms with E-state index in [0.29, 0.717) is 11.0 Å². The van der Waals surface area contributed by atoms with Crippen LogP contribution in [0.25, 0.3) is 0 Å². The molecule has 0 saturated heterocycles. The number of carbonyl (C=O) groups is 3. The highest BCUT2D eigenvalue weighted by Gasteiger charge is 2.42. The highest BCUT2D eigenvalue weighted by atomic mass is 32.2. The molecule has 4 N–H and O–H groups in total. The number of rotatable bonds is 10. The Morgan fingerprint density at radius 3 is 2.26 bits per heavy atom. The molecule has 0 aromatic heterocycles. The summed E-state index contributed by atoms with van der Waals surface area (Å²) in [4.78, 5) is 34.4. The van der Waals surface area contributed by atoms with Crippen molar-refractivity contribution in [1.29, 1.82) is 0 Å². The third-order valence-corrected chi connectivity index (χ3v) is 5.84. The van der Waals surface area contributed by atoms with Gasteiger partial charge in [-0.1, -0.05) is 0 Å². The average Bonchev–Trinajstić information content (AvgIpc) is 3.37. The Hall–Kier alpha value is -1.28. The minimum Gasteiger partial charge on any atom is -0.481 e. The summed E-state index contributed by atoms with van der Waals surface area (Å²) in [7, 11) is 1.27. The maximum atomic E-state index is 11.9. The number of ether oxygens (including phenoxy) is 1. The summed E-state index contributed by atoms with van der Waals surface area (Å²) in [6.45, 7) is 0. The number of carbonyl (C=O) groups excluding carboxylic acids is 2. The smallest absolute Gasteiger partial charge is 0.329 e. The molecule has 2 aliphatic carbocycles. The molecule has 0 aliphatic heterocycles. The van der Waals surface area contributed by atoms with Crippen LogP contribution in [-0.2, 0) is 19.1 Å². The lowest BCUT2D eigenvalue weighted by Crippen LogP contribution is -2.50. The number of nitrogens with two attached hydrogens (primary N) is 1. The van der Waals surface area contributed by atoms with Crippen LogP contribution in [-0.4, -0.2) is 53.1 Å². The maximum Gasteiger partial charge on any atom is 0.329 e. The van der Waals surface area contributed by atoms with Gasteiger partial charge in [-0.2, -0.15) is 11.8 Å². The van der Waals surface area contributed by atoms with Gasteiger partial charge in [-0.05, 0) is 37.5 Å². The number of esters is 1. The number of hydrogen-bond acceptors (Lipinski definition) is 6. The first-order chi connectivity index (χ1) is 10.9. The van der Waals surface area contributed by atoms with Crippen LogP contribution < -0.4 is 11.1 Å². The second kappa shape index (κ2) is 8.01. The van der Waals surface area contributed by atoms with E-state index in [0.717, 1.165) is 11.8 Å². The van der Waals surface area contributed by atoms with E-state index >= 15 is 0 Å². The molecule has 2 fully saturated rings. The molecular formula is C15H24N2O5S. The van der Waals surface area contributed by atoms with Crippen LogP contribution in [0.4, 0.5) is 0 Å². The Balaban J connectivity index is 1.87. The third-order valence-electron chi connectivity index (χ3n) is 4.16. The number of thioether (sulfide) groups is 1. The van der Waals surface area contributed by atoms with E-state index in [4.69, 9.17) is 15.6 Å². The summed E-state index contributed by atoms with van der Waals surface area (Å²) in [5.74, 6) is -0.433. The maximum absolute atomic E-state index is 11.9. The van der Waals surface area contributed by atoms with Gasteiger partial charge in [-0.15, -0.1) is 0 Å². The van der Waals surface area contributed by atoms with Crippen LogP contribution in [0.2, 0.25) is 0 Å². The van der Waals surface area contributed by atoms with E-state index in [2.05, 4.69) is 5.32 Å². The van der Waals surface area contributed by atoms with Crippen molar-refractivity contribution in [2.45, 2.75) is 49.4 Å². The lowest BCUT2D eigenvalue weighted by molar-refractivity contribution is -0.144. The van der Waals surface area contributed by atoms with Crippen LogP contribution in [0, 0.1) is 11.8 Å². The van der Waals surface area contributed by atoms with Crippen molar-refractivity contribution in [2.75, 3.05) is 12.9 Å². The predicted octanol–water partition coefficient (Wildman–Crippen LogP) is 0.368. The van der Waals surface area contributed by atoms with Crippen molar-refractivity contribution in [1.82, 2.24) is 5.32 Å². The number of nitrogens with one attached hydrogen (secondary N) is 1. The summed E-state index contributed by atoms with van der Waals surface area (Å²) in [6.07, 6.45) is 4.50. The van der Waals surface area contributed by atoms with Gasteiger partial charge in [0, 0.05) is 11.0 Å². The van der Waals surface area contributed by atoms with Gasteiger partial charge in [0.05, 0.1) is 19.6 Å². The zero-order chi connectivity index (χ0) is 17.0. The van der Waals surface area contributed by atoms with Crippen LogP contribution in [0.5, 0.6) is 0 Å². The minimum atomic E-state index is -1.17. The van der Waals surface area contributed by atoms with Crippen LogP contribution in [0.1, 0.15) is 32.1 Å². The Morgan fingerprint density at radius 1 is 1.26 bits per heavy atom. The third kappa shape index (κ3) is 5.69. The van der Waals surface area contributed by atoms with Gasteiger partial charge in [0.2, 0.25) is 5.91 Å². The first-order valence-corrected chi connectivity index (χ1v) is 8.94. The number of carboxylic acids is 1. The average molecular weight is 344 g/mol. The normalized spacial score (nSPS) is 20.0. The number of carboxylic acid groups (broad SMARTS) is 1. The molecular weight excluding hydrogens is 320 g/mol. The van der Waals surface area contributed by atoms with E-state index in [1.807, 2.05) is 0 Å². The summed E-state index contributed by atoms with van der Waals surface area (Å²) >= 11 is 1.71. The highest BCUT2D eigenvalue weighted by Crippen LogP contribution is 2.50. The van der Waals surface area contributed by atoms with Crippen molar-refractivity contribution in [3.63, 3.8) is 0 Å². The Labute approximate surface area is 139 Å². The zero-order valence-corrected chi connectivity index (χ0v) is 14.0. The van der Waals surface area contributed by atoms with Crippen LogP contribution >= 0.6 is 11.8 Å². The first kappa shape index (κ1) is 18.1. The first-order valence-electron chi connectivity index (χ1n) is 7.89. The topological polar surface area (TPSA) is 119 Å². The summed E-state index contributed by atoms with van der Waals surface area (Å²) in [5.41, 5.74) is 5.53. The van der Waals surface area contributed by atoms with Gasteiger partial charge in [-0.3, -0.25) is 9.59 Å². The summed E-state index contributed by atoms with van der Waals surface area (Å²) in [6, 6.07) is -1.97. The second-order valence-corrected chi connectivity index (χ2v) is 7.47. The number of aliphatic carboxylic acids is 1. The number of methoxy groups -OCH3 is 1. The lowest BCUT2D eigenvalue weighted by atomic mass is 10.2. The van der Waals surface area contributed by atoms with E-state index in [-0.39, 0.29) is 0 Å². The van der Waals surface area contributed by atoms with Gasteiger partial charge in [0.1, 0.15) is 6.04 Å². The van der Waals surface area contributed by atoms with E-state index in [1.165, 1.54) is 32.8 Å². The Morgan fingerprint density at radius 2 is 1.83 bits per heavy atom. The van der Waals surface area contributed by atoms with E-state index < -0.39 is 36.4 Å². The molecule has 0 radical (unpaired) electrons. The summed E-state index contributed by atoms with van der Waals surface area (Å²) in [5, 5.41) is 11.8. The Bertz CT molecular complexity index is 453. The van der Waals surface area contributed by atoms with Crippen molar-refractivity contribution < 1.29 is 24.2 Å². The lowest BCUT2D eigenvalue weighted by Gasteiger charge is -2.21. The van der Waals surface area contributed by atoms with Crippen LogP contribution in [0.3, 0.4) is 0 Å². The van der Waals surface area contributed by atoms with Crippen molar-refractivity contribution in [3.8, 4) is 0 Å². The molecule has 2 aliphatic rings. The Kier molecular flexibility index (Phi) is 6.29. The monoisotopic (exact) mass is 344 g/mol. The van der Waals surface area contributed by atoms with E-state index in [9.17, 15) is 14.4 Å². The molecule has 1 amide bonds. The molecule has 2 rings (SSSR count). The van der Waals surface area contributed by atoms with Gasteiger partial charge in [0.25, 0.3) is 0 Å². The fraction of sp³-hybridized carbons (Fsp3) is 0.800. The second-order valence-electron chi connectivity index (χ2n) is 6.26. The van der Waals surface area contributed by atoms with Gasteiger partial charge in [-0.25, -0.2) is 4.79 Å². The number of amides is 1. The SMILES string of the molecule is COC(=O)[C@H](CSC(C1CC1)C1CC1)NC(=O)[C@@H](N)CC(=O)O. The molecule has 7 nitrogen and oxygen atoms in total. The quantitative estimate of drug-likeness (QED) is 0.490. The largest absolute Gasteiger partial charge is 0.481 e. The fourth-order valence-electron chi connectivity index (χ4n) is 2.58. The molecule has 0 bridgehead atoms. The molecule has 0 aromatic rings. The molecule has 2 atom stereocenters. The standard InChI is InChI=1S/C15H24N2O5S/c1-22-15(21)11(17-14(20)10(16)6-12(18)19)7-23-13(8-2-3-8)9-4-5-9/h8-11,13H,2-7,16H2,1H3,(H,17,20)(H,18,19)/t10-,11-/m0/s1. The van der Waals surface area contributed by atoms with Gasteiger partial charge < -0.3 is 20.9 Å². The molecule has 23 heavy (non-hydrogen) atoms. The highest BCUT2D eigenvalue weighted by molar-refractivity contribution is 8.00. The fourth-order valence-corrected chi connectivity index (χ4v) is 4.31. The molecule has 2 saturated carbocycles. The summed E-state index contributed by atoms with van der Waals surface area (Å²) < 4.78 is 4.73. The molecule has 8 heteroatoms. The minimum absolute atomic E-state index is 0.426. The van der Waals surface area contributed by atoms with Crippen LogP contribution in [0.15, 0.2) is 0 Å². The predicted molar refractivity (Wildman–Crippen MR) is 85.9 cm³/mol. The molecule has 0 spiro atoms. The van der Waals surface area contributed by atoms with Crippen molar-refractivity contribution >= 4 is 29.6 Å². The zero-order valence-electron chi connectivity index (χ0n) is 13.2. The van der Waals surface area contributed by atoms with Crippen molar-refractivity contribution in [3.05, 3.63) is 0 Å². The molecule has 0 unspecified atom stereocenters. The van der Waals surface area contributed by atoms with Gasteiger partial charge in [0.15, 0.2) is 0 Å². The molecule has 0 aromatic carbocycles. The molecule has 0 heterocycles. The van der Waals surface area contributed by atoms with E-state index in [1.54, 1.807) is 11.8 Å². The van der Waals surface area contributed by atoms with Crippen molar-refractivity contribution in [2.24, 2.45) is 17.6 Å². The van der Waals surface area contributed by atoms with Gasteiger partial charge >= 0.3 is 11.9 Å². The number of hydrogen-bond donors (Lipinski definition) is 3. The molecule has 130 valence electrons.